The third-order valence-electron chi connectivity index (χ3n) is 5.11. The second-order valence-corrected chi connectivity index (χ2v) is 7.12. The van der Waals surface area contributed by atoms with Gasteiger partial charge in [0.1, 0.15) is 0 Å². The molecule has 2 aromatic carbocycles. The maximum Gasteiger partial charge on any atom is 0.377 e. The van der Waals surface area contributed by atoms with E-state index in [9.17, 15) is 14.7 Å². The van der Waals surface area contributed by atoms with Crippen molar-refractivity contribution in [3.63, 3.8) is 0 Å². The van der Waals surface area contributed by atoms with Gasteiger partial charge in [0.25, 0.3) is 5.78 Å². The number of halogens is 1. The summed E-state index contributed by atoms with van der Waals surface area (Å²) < 4.78 is 1.99. The number of carboxylic acids is 1. The van der Waals surface area contributed by atoms with Crippen molar-refractivity contribution >= 4 is 39.9 Å². The minimum atomic E-state index is -1.44. The third kappa shape index (κ3) is 3.62. The van der Waals surface area contributed by atoms with E-state index in [0.717, 1.165) is 29.9 Å². The standard InChI is InChI=1S/C22H23ClN2O3/c1-4-24(5-2)17-10-11-19-18(12-17)20(21(26)22(27)28)14(3)25(19)13-15-6-8-16(23)9-7-15/h6-12H,4-5,13H2,1-3H3,(H,27,28). The number of carbonyl (C=O) groups excluding carboxylic acids is 1. The fraction of sp³-hybridized carbons (Fsp3) is 0.273. The van der Waals surface area contributed by atoms with Gasteiger partial charge in [-0.1, -0.05) is 23.7 Å². The quantitative estimate of drug-likeness (QED) is 0.460. The Morgan fingerprint density at radius 3 is 2.29 bits per heavy atom. The van der Waals surface area contributed by atoms with E-state index in [-0.39, 0.29) is 5.56 Å². The van der Waals surface area contributed by atoms with Crippen molar-refractivity contribution in [1.29, 1.82) is 0 Å². The molecule has 1 aromatic heterocycles. The van der Waals surface area contributed by atoms with Crippen LogP contribution in [0.3, 0.4) is 0 Å². The summed E-state index contributed by atoms with van der Waals surface area (Å²) in [6.07, 6.45) is 0. The van der Waals surface area contributed by atoms with Crippen molar-refractivity contribution < 1.29 is 14.7 Å². The van der Waals surface area contributed by atoms with E-state index in [2.05, 4.69) is 18.7 Å². The zero-order valence-electron chi connectivity index (χ0n) is 16.2. The van der Waals surface area contributed by atoms with E-state index in [4.69, 9.17) is 11.6 Å². The Morgan fingerprint density at radius 1 is 1.07 bits per heavy atom. The zero-order valence-corrected chi connectivity index (χ0v) is 17.0. The van der Waals surface area contributed by atoms with Crippen LogP contribution in [0.5, 0.6) is 0 Å². The number of nitrogens with zero attached hydrogens (tertiary/aromatic N) is 2. The maximum atomic E-state index is 12.5. The zero-order chi connectivity index (χ0) is 20.4. The molecular weight excluding hydrogens is 376 g/mol. The summed E-state index contributed by atoms with van der Waals surface area (Å²) in [5.41, 5.74) is 3.74. The van der Waals surface area contributed by atoms with Crippen LogP contribution < -0.4 is 4.90 Å². The lowest BCUT2D eigenvalue weighted by molar-refractivity contribution is -0.131. The molecule has 0 aliphatic rings. The first-order valence-corrected chi connectivity index (χ1v) is 9.65. The number of hydrogen-bond donors (Lipinski definition) is 1. The fourth-order valence-electron chi connectivity index (χ4n) is 3.63. The van der Waals surface area contributed by atoms with Crippen LogP contribution in [0.25, 0.3) is 10.9 Å². The number of carbonyl (C=O) groups is 2. The predicted octanol–water partition coefficient (Wildman–Crippen LogP) is 4.76. The van der Waals surface area contributed by atoms with Crippen LogP contribution in [0.2, 0.25) is 5.02 Å². The Hall–Kier alpha value is -2.79. The van der Waals surface area contributed by atoms with Crippen molar-refractivity contribution in [2.45, 2.75) is 27.3 Å². The fourth-order valence-corrected chi connectivity index (χ4v) is 3.75. The van der Waals surface area contributed by atoms with E-state index in [1.54, 1.807) is 6.92 Å². The molecule has 0 aliphatic heterocycles. The topological polar surface area (TPSA) is 62.5 Å². The van der Waals surface area contributed by atoms with Crippen molar-refractivity contribution in [3.8, 4) is 0 Å². The van der Waals surface area contributed by atoms with Crippen molar-refractivity contribution in [2.75, 3.05) is 18.0 Å². The highest BCUT2D eigenvalue weighted by Crippen LogP contribution is 2.31. The molecule has 0 aliphatic carbocycles. The maximum absolute atomic E-state index is 12.5. The van der Waals surface area contributed by atoms with E-state index < -0.39 is 11.8 Å². The van der Waals surface area contributed by atoms with Gasteiger partial charge in [-0.05, 0) is 56.7 Å². The van der Waals surface area contributed by atoms with E-state index in [1.807, 2.05) is 47.0 Å². The smallest absolute Gasteiger partial charge is 0.377 e. The highest BCUT2D eigenvalue weighted by atomic mass is 35.5. The number of benzene rings is 2. The molecule has 3 rings (SSSR count). The van der Waals surface area contributed by atoms with Crippen LogP contribution in [0.1, 0.15) is 35.5 Å². The Kier molecular flexibility index (Phi) is 5.75. The second kappa shape index (κ2) is 8.07. The number of carboxylic acid groups (broad SMARTS) is 1. The lowest BCUT2D eigenvalue weighted by atomic mass is 10.1. The summed E-state index contributed by atoms with van der Waals surface area (Å²) >= 11 is 5.97. The first-order chi connectivity index (χ1) is 13.4. The molecule has 0 spiro atoms. The van der Waals surface area contributed by atoms with Gasteiger partial charge in [0.15, 0.2) is 0 Å². The first kappa shape index (κ1) is 20.0. The predicted molar refractivity (Wildman–Crippen MR) is 113 cm³/mol. The average Bonchev–Trinajstić information content (AvgIpc) is 2.95. The van der Waals surface area contributed by atoms with Gasteiger partial charge in [0.05, 0.1) is 5.56 Å². The molecule has 0 unspecified atom stereocenters. The van der Waals surface area contributed by atoms with Crippen molar-refractivity contribution in [3.05, 3.63) is 64.3 Å². The van der Waals surface area contributed by atoms with Crippen LogP contribution in [0.4, 0.5) is 5.69 Å². The minimum Gasteiger partial charge on any atom is -0.475 e. The number of fused-ring (bicyclic) bond motifs is 1. The number of aromatic nitrogens is 1. The Morgan fingerprint density at radius 2 is 1.71 bits per heavy atom. The molecule has 0 bridgehead atoms. The van der Waals surface area contributed by atoms with E-state index in [1.165, 1.54) is 0 Å². The van der Waals surface area contributed by atoms with Crippen LogP contribution in [0.15, 0.2) is 42.5 Å². The largest absolute Gasteiger partial charge is 0.475 e. The van der Waals surface area contributed by atoms with Crippen LogP contribution in [-0.2, 0) is 11.3 Å². The van der Waals surface area contributed by atoms with Gasteiger partial charge in [-0.15, -0.1) is 0 Å². The van der Waals surface area contributed by atoms with Gasteiger partial charge in [0, 0.05) is 46.9 Å². The number of ketones is 1. The molecule has 3 aromatic rings. The molecule has 0 amide bonds. The lowest BCUT2D eigenvalue weighted by Crippen LogP contribution is -2.21. The number of aliphatic carboxylic acids is 1. The molecule has 0 saturated heterocycles. The number of rotatable bonds is 7. The SMILES string of the molecule is CCN(CC)c1ccc2c(c1)c(C(=O)C(=O)O)c(C)n2Cc1ccc(Cl)cc1. The monoisotopic (exact) mass is 398 g/mol. The highest BCUT2D eigenvalue weighted by molar-refractivity contribution is 6.42. The van der Waals surface area contributed by atoms with Gasteiger partial charge in [-0.3, -0.25) is 4.79 Å². The summed E-state index contributed by atoms with van der Waals surface area (Å²) in [5.74, 6) is -2.32. The number of anilines is 1. The molecule has 0 atom stereocenters. The van der Waals surface area contributed by atoms with Gasteiger partial charge < -0.3 is 14.6 Å². The Balaban J connectivity index is 2.20. The Labute approximate surface area is 169 Å². The van der Waals surface area contributed by atoms with Gasteiger partial charge in [-0.2, -0.15) is 0 Å². The second-order valence-electron chi connectivity index (χ2n) is 6.68. The van der Waals surface area contributed by atoms with Crippen molar-refractivity contribution in [1.82, 2.24) is 4.57 Å². The molecule has 5 nitrogen and oxygen atoms in total. The normalized spacial score (nSPS) is 11.0. The van der Waals surface area contributed by atoms with Gasteiger partial charge >= 0.3 is 5.97 Å². The number of hydrogen-bond acceptors (Lipinski definition) is 3. The van der Waals surface area contributed by atoms with Gasteiger partial charge in [-0.25, -0.2) is 4.79 Å². The summed E-state index contributed by atoms with van der Waals surface area (Å²) in [5, 5.41) is 10.7. The molecule has 0 fully saturated rings. The highest BCUT2D eigenvalue weighted by Gasteiger charge is 2.25. The van der Waals surface area contributed by atoms with E-state index in [0.29, 0.717) is 22.6 Å². The summed E-state index contributed by atoms with van der Waals surface area (Å²) in [6, 6.07) is 13.4. The molecule has 0 saturated carbocycles. The molecule has 6 heteroatoms. The van der Waals surface area contributed by atoms with Crippen LogP contribution in [0, 0.1) is 6.92 Å². The number of Topliss-reactive ketones (excluding diaryl/α,β-unsaturated/α-hetero) is 1. The molecule has 1 heterocycles. The minimum absolute atomic E-state index is 0.255. The lowest BCUT2D eigenvalue weighted by Gasteiger charge is -2.21. The first-order valence-electron chi connectivity index (χ1n) is 9.27. The van der Waals surface area contributed by atoms with Crippen LogP contribution in [-0.4, -0.2) is 34.5 Å². The van der Waals surface area contributed by atoms with Crippen LogP contribution >= 0.6 is 11.6 Å². The molecular formula is C22H23ClN2O3. The molecule has 28 heavy (non-hydrogen) atoms. The molecule has 0 radical (unpaired) electrons. The average molecular weight is 399 g/mol. The van der Waals surface area contributed by atoms with Gasteiger partial charge in [0.2, 0.25) is 0 Å². The van der Waals surface area contributed by atoms with Crippen molar-refractivity contribution in [2.24, 2.45) is 0 Å². The molecule has 146 valence electrons. The summed E-state index contributed by atoms with van der Waals surface area (Å²) in [7, 11) is 0. The summed E-state index contributed by atoms with van der Waals surface area (Å²) in [6.45, 7) is 8.10. The third-order valence-corrected chi connectivity index (χ3v) is 5.36. The summed E-state index contributed by atoms with van der Waals surface area (Å²) in [4.78, 5) is 26.1. The van der Waals surface area contributed by atoms with E-state index >= 15 is 0 Å². The molecule has 1 N–H and O–H groups in total. The Bertz CT molecular complexity index is 1030.